The van der Waals surface area contributed by atoms with Crippen molar-refractivity contribution in [1.29, 1.82) is 0 Å². The van der Waals surface area contributed by atoms with Crippen molar-refractivity contribution in [2.24, 2.45) is 0 Å². The zero-order valence-corrected chi connectivity index (χ0v) is 11.0. The first-order valence-corrected chi connectivity index (χ1v) is 6.98. The standard InChI is InChI=1S/C9H12FN5S2/c1-4(5(2)17-16)13-7-6-8(12-3-11-7)15-9(10)14-6/h3-5,16H,1-2H3,(H2,11,12,13,14,15). The minimum absolute atomic E-state index is 0.141. The highest BCUT2D eigenvalue weighted by Gasteiger charge is 2.15. The van der Waals surface area contributed by atoms with Gasteiger partial charge in [-0.2, -0.15) is 9.37 Å². The Morgan fingerprint density at radius 3 is 2.94 bits per heavy atom. The van der Waals surface area contributed by atoms with E-state index in [9.17, 15) is 4.39 Å². The highest BCUT2D eigenvalue weighted by Crippen LogP contribution is 2.22. The molecular formula is C9H12FN5S2. The number of nitrogens with one attached hydrogen (secondary N) is 2. The molecule has 5 nitrogen and oxygen atoms in total. The molecule has 0 aliphatic rings. The molecule has 0 aliphatic heterocycles. The van der Waals surface area contributed by atoms with E-state index in [2.05, 4.69) is 36.9 Å². The van der Waals surface area contributed by atoms with E-state index in [0.29, 0.717) is 17.0 Å². The summed E-state index contributed by atoms with van der Waals surface area (Å²) < 4.78 is 13.0. The van der Waals surface area contributed by atoms with Gasteiger partial charge in [0.2, 0.25) is 0 Å². The topological polar surface area (TPSA) is 66.5 Å². The Hall–Kier alpha value is -1.02. The van der Waals surface area contributed by atoms with Gasteiger partial charge in [-0.25, -0.2) is 9.97 Å². The van der Waals surface area contributed by atoms with Gasteiger partial charge < -0.3 is 10.3 Å². The van der Waals surface area contributed by atoms with E-state index in [0.717, 1.165) is 0 Å². The van der Waals surface area contributed by atoms with E-state index >= 15 is 0 Å². The molecule has 2 heterocycles. The number of halogens is 1. The molecule has 0 amide bonds. The number of anilines is 1. The maximum atomic E-state index is 13.0. The van der Waals surface area contributed by atoms with Crippen LogP contribution in [-0.2, 0) is 0 Å². The van der Waals surface area contributed by atoms with Gasteiger partial charge in [-0.15, -0.1) is 11.7 Å². The summed E-state index contributed by atoms with van der Waals surface area (Å²) in [6.07, 6.45) is 0.698. The molecule has 0 saturated carbocycles. The monoisotopic (exact) mass is 273 g/mol. The lowest BCUT2D eigenvalue weighted by Crippen LogP contribution is -2.25. The normalized spacial score (nSPS) is 14.8. The van der Waals surface area contributed by atoms with Crippen LogP contribution in [0, 0.1) is 6.08 Å². The Labute approximate surface area is 107 Å². The summed E-state index contributed by atoms with van der Waals surface area (Å²) in [7, 11) is 1.45. The van der Waals surface area contributed by atoms with Crippen molar-refractivity contribution in [2.75, 3.05) is 5.32 Å². The van der Waals surface area contributed by atoms with Crippen LogP contribution in [-0.4, -0.2) is 31.2 Å². The van der Waals surface area contributed by atoms with E-state index in [1.54, 1.807) is 0 Å². The van der Waals surface area contributed by atoms with Crippen molar-refractivity contribution in [1.82, 2.24) is 19.9 Å². The highest BCUT2D eigenvalue weighted by atomic mass is 33.1. The molecule has 0 spiro atoms. The van der Waals surface area contributed by atoms with Gasteiger partial charge in [-0.1, -0.05) is 17.7 Å². The molecule has 92 valence electrons. The number of aromatic amines is 1. The lowest BCUT2D eigenvalue weighted by molar-refractivity contribution is 0.556. The molecule has 0 aliphatic carbocycles. The number of H-pyrrole nitrogens is 1. The SMILES string of the molecule is CC(Nc1ncnc2nc(F)[nH]c12)C(C)SS. The fourth-order valence-corrected chi connectivity index (χ4v) is 2.13. The number of aromatic nitrogens is 4. The van der Waals surface area contributed by atoms with E-state index < -0.39 is 6.08 Å². The van der Waals surface area contributed by atoms with Crippen LogP contribution in [0.4, 0.5) is 10.2 Å². The number of thiol groups is 1. The van der Waals surface area contributed by atoms with Gasteiger partial charge in [-0.05, 0) is 6.92 Å². The van der Waals surface area contributed by atoms with Gasteiger partial charge in [0.25, 0.3) is 6.08 Å². The summed E-state index contributed by atoms with van der Waals surface area (Å²) in [4.78, 5) is 14.1. The number of imidazole rings is 1. The van der Waals surface area contributed by atoms with Gasteiger partial charge >= 0.3 is 0 Å². The van der Waals surface area contributed by atoms with Crippen LogP contribution >= 0.6 is 22.5 Å². The second-order valence-electron chi connectivity index (χ2n) is 3.69. The van der Waals surface area contributed by atoms with E-state index in [-0.39, 0.29) is 11.3 Å². The van der Waals surface area contributed by atoms with E-state index in [1.165, 1.54) is 17.1 Å². The van der Waals surface area contributed by atoms with Crippen molar-refractivity contribution in [2.45, 2.75) is 25.1 Å². The summed E-state index contributed by atoms with van der Waals surface area (Å²) in [6, 6.07) is 0.141. The summed E-state index contributed by atoms with van der Waals surface area (Å²) in [5.74, 6) is 0.549. The Bertz CT molecular complexity index is 517. The third kappa shape index (κ3) is 2.63. The number of hydrogen-bond acceptors (Lipinski definition) is 6. The average Bonchev–Trinajstić information content (AvgIpc) is 2.69. The summed E-state index contributed by atoms with van der Waals surface area (Å²) in [5.41, 5.74) is 0.798. The van der Waals surface area contributed by atoms with Crippen molar-refractivity contribution < 1.29 is 4.39 Å². The molecule has 0 aromatic carbocycles. The summed E-state index contributed by atoms with van der Waals surface area (Å²) in [6.45, 7) is 4.05. The molecule has 2 atom stereocenters. The molecule has 0 saturated heterocycles. The van der Waals surface area contributed by atoms with Crippen molar-refractivity contribution >= 4 is 39.4 Å². The van der Waals surface area contributed by atoms with Crippen LogP contribution in [0.2, 0.25) is 0 Å². The minimum Gasteiger partial charge on any atom is -0.365 e. The van der Waals surface area contributed by atoms with Gasteiger partial charge in [-0.3, -0.25) is 0 Å². The third-order valence-electron chi connectivity index (χ3n) is 2.49. The molecule has 2 aromatic heterocycles. The highest BCUT2D eigenvalue weighted by molar-refractivity contribution is 8.68. The first-order valence-electron chi connectivity index (χ1n) is 5.04. The molecule has 17 heavy (non-hydrogen) atoms. The lowest BCUT2D eigenvalue weighted by atomic mass is 10.2. The van der Waals surface area contributed by atoms with Crippen LogP contribution in [0.3, 0.4) is 0 Å². The van der Waals surface area contributed by atoms with Crippen molar-refractivity contribution in [3.05, 3.63) is 12.4 Å². The smallest absolute Gasteiger partial charge is 0.289 e. The second-order valence-corrected chi connectivity index (χ2v) is 5.28. The fourth-order valence-electron chi connectivity index (χ4n) is 1.33. The summed E-state index contributed by atoms with van der Waals surface area (Å²) >= 11 is 4.16. The number of nitrogens with zero attached hydrogens (tertiary/aromatic N) is 3. The zero-order valence-electron chi connectivity index (χ0n) is 9.31. The predicted octanol–water partition coefficient (Wildman–Crippen LogP) is 2.26. The Balaban J connectivity index is 2.29. The molecule has 2 N–H and O–H groups in total. The zero-order chi connectivity index (χ0) is 12.4. The van der Waals surface area contributed by atoms with Crippen LogP contribution in [0.15, 0.2) is 6.33 Å². The van der Waals surface area contributed by atoms with Gasteiger partial charge in [0.1, 0.15) is 11.8 Å². The summed E-state index contributed by atoms with van der Waals surface area (Å²) in [5, 5.41) is 3.48. The lowest BCUT2D eigenvalue weighted by Gasteiger charge is -2.19. The van der Waals surface area contributed by atoms with E-state index in [1.807, 2.05) is 13.8 Å². The molecule has 2 rings (SSSR count). The maximum Gasteiger partial charge on any atom is 0.289 e. The average molecular weight is 273 g/mol. The largest absolute Gasteiger partial charge is 0.365 e. The molecule has 2 aromatic rings. The van der Waals surface area contributed by atoms with Crippen molar-refractivity contribution in [3.8, 4) is 0 Å². The first kappa shape index (κ1) is 12.4. The number of fused-ring (bicyclic) bond motifs is 1. The second kappa shape index (κ2) is 5.09. The van der Waals surface area contributed by atoms with Crippen LogP contribution in [0.25, 0.3) is 11.2 Å². The minimum atomic E-state index is -0.659. The molecule has 2 unspecified atom stereocenters. The third-order valence-corrected chi connectivity index (χ3v) is 4.23. The molecular weight excluding hydrogens is 261 g/mol. The maximum absolute atomic E-state index is 13.0. The fraction of sp³-hybridized carbons (Fsp3) is 0.444. The number of rotatable bonds is 4. The first-order chi connectivity index (χ1) is 8.11. The molecule has 0 bridgehead atoms. The predicted molar refractivity (Wildman–Crippen MR) is 70.8 cm³/mol. The quantitative estimate of drug-likeness (QED) is 0.453. The Morgan fingerprint density at radius 1 is 1.47 bits per heavy atom. The Kier molecular flexibility index (Phi) is 3.72. The van der Waals surface area contributed by atoms with Gasteiger partial charge in [0.05, 0.1) is 0 Å². The van der Waals surface area contributed by atoms with Crippen LogP contribution in [0.5, 0.6) is 0 Å². The van der Waals surface area contributed by atoms with Gasteiger partial charge in [0, 0.05) is 11.3 Å². The van der Waals surface area contributed by atoms with Crippen LogP contribution in [0.1, 0.15) is 13.8 Å². The van der Waals surface area contributed by atoms with Crippen molar-refractivity contribution in [3.63, 3.8) is 0 Å². The van der Waals surface area contributed by atoms with E-state index in [4.69, 9.17) is 0 Å². The van der Waals surface area contributed by atoms with Crippen LogP contribution < -0.4 is 5.32 Å². The number of hydrogen-bond donors (Lipinski definition) is 3. The molecule has 0 radical (unpaired) electrons. The molecule has 8 heteroatoms. The Morgan fingerprint density at radius 2 is 2.24 bits per heavy atom. The molecule has 0 fully saturated rings. The van der Waals surface area contributed by atoms with Gasteiger partial charge in [0.15, 0.2) is 11.5 Å².